The van der Waals surface area contributed by atoms with Crippen LogP contribution in [0.1, 0.15) is 46.7 Å². The predicted octanol–water partition coefficient (Wildman–Crippen LogP) is 3.36. The SMILES string of the molecule is O=C(NCC(C(=O)NC12CCCC1OCC2=O)c1ccc(F)cc1)c1ccc(C(F)(F)F)cc1. The molecular weight excluding hydrogens is 456 g/mol. The van der Waals surface area contributed by atoms with Crippen LogP contribution in [0.15, 0.2) is 48.5 Å². The summed E-state index contributed by atoms with van der Waals surface area (Å²) in [4.78, 5) is 38.3. The maximum Gasteiger partial charge on any atom is 0.416 e. The predicted molar refractivity (Wildman–Crippen MR) is 112 cm³/mol. The highest BCUT2D eigenvalue weighted by atomic mass is 19.4. The quantitative estimate of drug-likeness (QED) is 0.624. The van der Waals surface area contributed by atoms with Crippen molar-refractivity contribution < 1.29 is 36.7 Å². The summed E-state index contributed by atoms with van der Waals surface area (Å²) in [6, 6.07) is 8.83. The van der Waals surface area contributed by atoms with Crippen molar-refractivity contribution in [2.75, 3.05) is 13.2 Å². The van der Waals surface area contributed by atoms with Crippen LogP contribution in [0.3, 0.4) is 0 Å². The Morgan fingerprint density at radius 3 is 2.41 bits per heavy atom. The summed E-state index contributed by atoms with van der Waals surface area (Å²) in [6.45, 7) is -0.302. The van der Waals surface area contributed by atoms with E-state index in [9.17, 15) is 31.9 Å². The molecule has 0 spiro atoms. The molecule has 0 aromatic heterocycles. The van der Waals surface area contributed by atoms with Crippen molar-refractivity contribution >= 4 is 17.6 Å². The normalized spacial score (nSPS) is 22.8. The summed E-state index contributed by atoms with van der Waals surface area (Å²) < 4.78 is 57.3. The Bertz CT molecular complexity index is 1090. The molecule has 0 radical (unpaired) electrons. The number of rotatable bonds is 6. The van der Waals surface area contributed by atoms with E-state index in [4.69, 9.17) is 4.74 Å². The first-order valence-corrected chi connectivity index (χ1v) is 10.8. The molecule has 4 rings (SSSR count). The van der Waals surface area contributed by atoms with E-state index >= 15 is 0 Å². The Balaban J connectivity index is 1.51. The first-order chi connectivity index (χ1) is 16.1. The largest absolute Gasteiger partial charge is 0.416 e. The van der Waals surface area contributed by atoms with E-state index < -0.39 is 46.9 Å². The van der Waals surface area contributed by atoms with Crippen LogP contribution in [-0.2, 0) is 20.5 Å². The van der Waals surface area contributed by atoms with Gasteiger partial charge in [0.25, 0.3) is 5.91 Å². The number of fused-ring (bicyclic) bond motifs is 1. The fraction of sp³-hybridized carbons (Fsp3) is 0.375. The minimum atomic E-state index is -4.53. The van der Waals surface area contributed by atoms with E-state index in [2.05, 4.69) is 10.6 Å². The molecule has 10 heteroatoms. The minimum absolute atomic E-state index is 0.0138. The molecule has 180 valence electrons. The van der Waals surface area contributed by atoms with Crippen molar-refractivity contribution in [3.05, 3.63) is 71.0 Å². The van der Waals surface area contributed by atoms with Gasteiger partial charge < -0.3 is 15.4 Å². The maximum absolute atomic E-state index is 13.4. The Morgan fingerprint density at radius 1 is 1.09 bits per heavy atom. The van der Waals surface area contributed by atoms with Gasteiger partial charge in [-0.1, -0.05) is 12.1 Å². The highest BCUT2D eigenvalue weighted by Crippen LogP contribution is 2.38. The lowest BCUT2D eigenvalue weighted by Gasteiger charge is -2.30. The van der Waals surface area contributed by atoms with Gasteiger partial charge in [-0.2, -0.15) is 13.2 Å². The zero-order valence-corrected chi connectivity index (χ0v) is 18.0. The van der Waals surface area contributed by atoms with Crippen molar-refractivity contribution in [1.29, 1.82) is 0 Å². The molecule has 2 aromatic carbocycles. The van der Waals surface area contributed by atoms with E-state index in [0.717, 1.165) is 24.3 Å². The third kappa shape index (κ3) is 4.68. The second-order valence-electron chi connectivity index (χ2n) is 8.46. The maximum atomic E-state index is 13.4. The molecule has 1 heterocycles. The molecule has 2 amide bonds. The zero-order chi connectivity index (χ0) is 24.5. The number of hydrogen-bond donors (Lipinski definition) is 2. The monoisotopic (exact) mass is 478 g/mol. The van der Waals surface area contributed by atoms with Gasteiger partial charge in [0, 0.05) is 12.1 Å². The van der Waals surface area contributed by atoms with Crippen molar-refractivity contribution in [2.45, 2.75) is 43.0 Å². The van der Waals surface area contributed by atoms with Crippen molar-refractivity contribution in [1.82, 2.24) is 10.6 Å². The van der Waals surface area contributed by atoms with Crippen LogP contribution in [0.5, 0.6) is 0 Å². The van der Waals surface area contributed by atoms with Gasteiger partial charge in [-0.3, -0.25) is 14.4 Å². The summed E-state index contributed by atoms with van der Waals surface area (Å²) >= 11 is 0. The van der Waals surface area contributed by atoms with Crippen molar-refractivity contribution in [2.24, 2.45) is 0 Å². The average molecular weight is 478 g/mol. The first-order valence-electron chi connectivity index (χ1n) is 10.8. The van der Waals surface area contributed by atoms with E-state index in [1.54, 1.807) is 0 Å². The van der Waals surface area contributed by atoms with E-state index in [0.29, 0.717) is 24.8 Å². The molecule has 2 fully saturated rings. The van der Waals surface area contributed by atoms with E-state index in [-0.39, 0.29) is 24.5 Å². The molecule has 2 aromatic rings. The lowest BCUT2D eigenvalue weighted by atomic mass is 9.90. The highest BCUT2D eigenvalue weighted by Gasteiger charge is 2.55. The molecule has 2 N–H and O–H groups in total. The third-order valence-corrected chi connectivity index (χ3v) is 6.38. The number of ketones is 1. The van der Waals surface area contributed by atoms with E-state index in [1.807, 2.05) is 0 Å². The number of benzene rings is 2. The van der Waals surface area contributed by atoms with Gasteiger partial charge in [-0.15, -0.1) is 0 Å². The van der Waals surface area contributed by atoms with Crippen LogP contribution in [0.4, 0.5) is 17.6 Å². The van der Waals surface area contributed by atoms with E-state index in [1.165, 1.54) is 24.3 Å². The fourth-order valence-electron chi connectivity index (χ4n) is 4.51. The summed E-state index contributed by atoms with van der Waals surface area (Å²) in [5.74, 6) is -2.90. The molecule has 3 atom stereocenters. The number of ether oxygens (including phenoxy) is 1. The lowest BCUT2D eigenvalue weighted by Crippen LogP contribution is -2.57. The molecule has 6 nitrogen and oxygen atoms in total. The number of alkyl halides is 3. The number of amides is 2. The topological polar surface area (TPSA) is 84.5 Å². The first kappa shape index (κ1) is 23.9. The average Bonchev–Trinajstić information content (AvgIpc) is 3.33. The van der Waals surface area contributed by atoms with Crippen LogP contribution in [0.25, 0.3) is 0 Å². The van der Waals surface area contributed by atoms with Crippen molar-refractivity contribution in [3.63, 3.8) is 0 Å². The number of hydrogen-bond acceptors (Lipinski definition) is 4. The summed E-state index contributed by atoms with van der Waals surface area (Å²) in [5.41, 5.74) is -1.61. The number of carbonyl (C=O) groups excluding carboxylic acids is 3. The number of nitrogens with one attached hydrogen (secondary N) is 2. The van der Waals surface area contributed by atoms with Crippen LogP contribution in [-0.4, -0.2) is 42.4 Å². The van der Waals surface area contributed by atoms with Gasteiger partial charge in [-0.25, -0.2) is 4.39 Å². The second-order valence-corrected chi connectivity index (χ2v) is 8.46. The molecule has 1 saturated carbocycles. The standard InChI is InChI=1S/C24H22F4N2O4/c25-17-9-5-14(6-10-17)18(22(33)30-23-11-1-2-20(23)34-13-19(23)31)12-29-21(32)15-3-7-16(8-4-15)24(26,27)28/h3-10,18,20H,1-2,11-13H2,(H,29,32)(H,30,33). The van der Waals surface area contributed by atoms with Gasteiger partial charge >= 0.3 is 6.18 Å². The number of carbonyl (C=O) groups is 3. The Morgan fingerprint density at radius 2 is 1.76 bits per heavy atom. The second kappa shape index (κ2) is 9.17. The van der Waals surface area contributed by atoms with Crippen LogP contribution in [0, 0.1) is 5.82 Å². The number of Topliss-reactive ketones (excluding diaryl/α,β-unsaturated/α-hetero) is 1. The molecule has 1 saturated heterocycles. The van der Waals surface area contributed by atoms with Crippen LogP contribution < -0.4 is 10.6 Å². The summed E-state index contributed by atoms with van der Waals surface area (Å²) in [5, 5.41) is 5.38. The molecule has 1 aliphatic carbocycles. The Kier molecular flexibility index (Phi) is 6.44. The smallest absolute Gasteiger partial charge is 0.367 e. The summed E-state index contributed by atoms with van der Waals surface area (Å²) in [7, 11) is 0. The fourth-order valence-corrected chi connectivity index (χ4v) is 4.51. The molecule has 34 heavy (non-hydrogen) atoms. The van der Waals surface area contributed by atoms with Gasteiger partial charge in [0.05, 0.1) is 17.6 Å². The molecular formula is C24H22F4N2O4. The van der Waals surface area contributed by atoms with Crippen LogP contribution in [0.2, 0.25) is 0 Å². The minimum Gasteiger partial charge on any atom is -0.367 e. The zero-order valence-electron chi connectivity index (χ0n) is 18.0. The van der Waals surface area contributed by atoms with Gasteiger partial charge in [0.15, 0.2) is 5.78 Å². The Labute approximate surface area is 192 Å². The van der Waals surface area contributed by atoms with Crippen molar-refractivity contribution in [3.8, 4) is 0 Å². The molecule has 3 unspecified atom stereocenters. The highest BCUT2D eigenvalue weighted by molar-refractivity contribution is 5.98. The summed E-state index contributed by atoms with van der Waals surface area (Å²) in [6.07, 6.45) is -3.16. The van der Waals surface area contributed by atoms with Gasteiger partial charge in [0.2, 0.25) is 5.91 Å². The third-order valence-electron chi connectivity index (χ3n) is 6.38. The number of halogens is 4. The molecule has 0 bridgehead atoms. The van der Waals surface area contributed by atoms with Crippen LogP contribution >= 0.6 is 0 Å². The van der Waals surface area contributed by atoms with Gasteiger partial charge in [-0.05, 0) is 61.2 Å². The molecule has 2 aliphatic rings. The van der Waals surface area contributed by atoms with Gasteiger partial charge in [0.1, 0.15) is 18.0 Å². The Hall–Kier alpha value is -3.27. The molecule has 1 aliphatic heterocycles. The lowest BCUT2D eigenvalue weighted by molar-refractivity contribution is -0.137.